The minimum absolute atomic E-state index is 0.0148. The summed E-state index contributed by atoms with van der Waals surface area (Å²) >= 11 is 0. The van der Waals surface area contributed by atoms with Gasteiger partial charge in [-0.05, 0) is 32.1 Å². The summed E-state index contributed by atoms with van der Waals surface area (Å²) in [7, 11) is 0. The van der Waals surface area contributed by atoms with Crippen molar-refractivity contribution in [3.63, 3.8) is 0 Å². The van der Waals surface area contributed by atoms with Crippen molar-refractivity contribution in [2.24, 2.45) is 0 Å². The van der Waals surface area contributed by atoms with E-state index >= 15 is 0 Å². The van der Waals surface area contributed by atoms with Gasteiger partial charge >= 0.3 is 0 Å². The molecule has 16 nitrogen and oxygen atoms in total. The minimum atomic E-state index is -1.96. The Bertz CT molecular complexity index is 1480. The first-order valence-electron chi connectivity index (χ1n) is 14.3. The summed E-state index contributed by atoms with van der Waals surface area (Å²) in [6, 6.07) is 5.71. The van der Waals surface area contributed by atoms with Crippen molar-refractivity contribution in [2.75, 3.05) is 6.61 Å². The summed E-state index contributed by atoms with van der Waals surface area (Å²) < 4.78 is 28.9. The lowest BCUT2D eigenvalue weighted by Crippen LogP contribution is -2.61. The van der Waals surface area contributed by atoms with Crippen molar-refractivity contribution in [3.8, 4) is 28.7 Å². The van der Waals surface area contributed by atoms with Gasteiger partial charge in [0, 0.05) is 17.7 Å². The van der Waals surface area contributed by atoms with Crippen molar-refractivity contribution < 1.29 is 79.5 Å². The predicted octanol–water partition coefficient (Wildman–Crippen LogP) is -1.21. The molecule has 3 aliphatic rings. The van der Waals surface area contributed by atoms with Crippen molar-refractivity contribution in [1.82, 2.24) is 0 Å². The Balaban J connectivity index is 1.50. The number of hydrogen-bond donors (Lipinski definition) is 10. The molecule has 252 valence electrons. The van der Waals surface area contributed by atoms with Gasteiger partial charge in [0.2, 0.25) is 6.29 Å². The second kappa shape index (κ2) is 12.8. The maximum atomic E-state index is 12.7. The fraction of sp³-hybridized carbons (Fsp3) is 0.500. The lowest BCUT2D eigenvalue weighted by molar-refractivity contribution is -0.325. The number of hydrogen-bond acceptors (Lipinski definition) is 16. The zero-order valence-electron chi connectivity index (χ0n) is 24.6. The normalized spacial score (nSPS) is 35.9. The van der Waals surface area contributed by atoms with Crippen LogP contribution < -0.4 is 4.74 Å². The quantitative estimate of drug-likeness (QED) is 0.150. The fourth-order valence-electron chi connectivity index (χ4n) is 5.61. The van der Waals surface area contributed by atoms with Crippen molar-refractivity contribution in [2.45, 2.75) is 87.3 Å². The number of carbonyl (C=O) groups excluding carboxylic acids is 1. The maximum Gasteiger partial charge on any atom is 0.228 e. The highest BCUT2D eigenvalue weighted by atomic mass is 16.7. The number of ether oxygens (including phenoxy) is 5. The van der Waals surface area contributed by atoms with Crippen LogP contribution in [0.4, 0.5) is 0 Å². The van der Waals surface area contributed by atoms with Crippen LogP contribution in [0.25, 0.3) is 6.08 Å². The van der Waals surface area contributed by atoms with Crippen LogP contribution in [0.15, 0.2) is 36.1 Å². The highest BCUT2D eigenvalue weighted by Gasteiger charge is 2.51. The molecule has 11 atom stereocenters. The average molecular weight is 653 g/mol. The van der Waals surface area contributed by atoms with Gasteiger partial charge in [-0.25, -0.2) is 0 Å². The number of Topliss-reactive ketones (excluding diaryl/α,β-unsaturated/α-hetero) is 1. The molecule has 0 aromatic heterocycles. The molecular weight excluding hydrogens is 616 g/mol. The van der Waals surface area contributed by atoms with Gasteiger partial charge in [0.05, 0.1) is 24.7 Å². The monoisotopic (exact) mass is 652 g/mol. The fourth-order valence-corrected chi connectivity index (χ4v) is 5.61. The average Bonchev–Trinajstić information content (AvgIpc) is 2.99. The van der Waals surface area contributed by atoms with Gasteiger partial charge in [0.25, 0.3) is 0 Å². The number of aliphatic hydroxyl groups is 6. The summed E-state index contributed by atoms with van der Waals surface area (Å²) in [6.07, 6.45) is -15.2. The summed E-state index contributed by atoms with van der Waals surface area (Å²) in [4.78, 5) is 12.7. The Labute approximate surface area is 261 Å². The van der Waals surface area contributed by atoms with E-state index in [2.05, 4.69) is 0 Å². The number of rotatable bonds is 8. The Kier molecular flexibility index (Phi) is 9.38. The van der Waals surface area contributed by atoms with E-state index in [1.54, 1.807) is 0 Å². The molecule has 2 aromatic carbocycles. The molecule has 2 saturated heterocycles. The van der Waals surface area contributed by atoms with E-state index in [4.69, 9.17) is 23.7 Å². The van der Waals surface area contributed by atoms with E-state index in [9.17, 15) is 55.9 Å². The number of aromatic hydroxyl groups is 4. The molecular formula is C30H36O16. The largest absolute Gasteiger partial charge is 0.508 e. The van der Waals surface area contributed by atoms with Gasteiger partial charge in [0.15, 0.2) is 23.4 Å². The van der Waals surface area contributed by atoms with Gasteiger partial charge in [-0.15, -0.1) is 0 Å². The summed E-state index contributed by atoms with van der Waals surface area (Å²) in [5.74, 6) is -2.77. The first kappa shape index (κ1) is 33.6. The Morgan fingerprint density at radius 1 is 0.804 bits per heavy atom. The van der Waals surface area contributed by atoms with E-state index in [0.29, 0.717) is 0 Å². The first-order valence-corrected chi connectivity index (χ1v) is 14.3. The Morgan fingerprint density at radius 3 is 2.15 bits per heavy atom. The predicted molar refractivity (Wildman–Crippen MR) is 151 cm³/mol. The first-order chi connectivity index (χ1) is 21.6. The molecule has 2 fully saturated rings. The Hall–Kier alpha value is -3.71. The number of phenols is 4. The minimum Gasteiger partial charge on any atom is -0.508 e. The summed E-state index contributed by atoms with van der Waals surface area (Å²) in [5, 5.41) is 104. The smallest absolute Gasteiger partial charge is 0.228 e. The van der Waals surface area contributed by atoms with E-state index in [0.717, 1.165) is 24.3 Å². The molecule has 0 radical (unpaired) electrons. The zero-order chi connectivity index (χ0) is 33.7. The SMILES string of the molecule is CC(=O)CC1(c2ccc(O)c(O)c2)Oc2cc(O)cc(O)c2C=C1OC1OC(COC2OC(C)C(O)C(O)C2O)C(O)C(O)C1O. The number of ketones is 1. The molecule has 16 heteroatoms. The molecule has 5 rings (SSSR count). The number of benzene rings is 2. The zero-order valence-corrected chi connectivity index (χ0v) is 24.6. The van der Waals surface area contributed by atoms with Crippen molar-refractivity contribution in [1.29, 1.82) is 0 Å². The Morgan fingerprint density at radius 2 is 1.48 bits per heavy atom. The standard InChI is InChI=1S/C30H36O16/c1-11(31)9-30(13-3-4-16(33)18(35)5-13)21(8-15-17(34)6-14(32)7-19(15)46-30)45-29-27(41)25(39)23(37)20(44-29)10-42-28-26(40)24(38)22(36)12(2)43-28/h3-8,12,20,22-29,32-41H,9-10H2,1-2H3. The molecule has 3 aliphatic heterocycles. The molecule has 46 heavy (non-hydrogen) atoms. The summed E-state index contributed by atoms with van der Waals surface area (Å²) in [5.41, 5.74) is -1.92. The van der Waals surface area contributed by atoms with Gasteiger partial charge in [-0.3, -0.25) is 4.79 Å². The van der Waals surface area contributed by atoms with Crippen LogP contribution in [0.3, 0.4) is 0 Å². The molecule has 3 heterocycles. The highest BCUT2D eigenvalue weighted by Crippen LogP contribution is 2.50. The topological polar surface area (TPSA) is 266 Å². The summed E-state index contributed by atoms with van der Waals surface area (Å²) in [6.45, 7) is 2.09. The van der Waals surface area contributed by atoms with Crippen molar-refractivity contribution >= 4 is 11.9 Å². The third kappa shape index (κ3) is 6.18. The lowest BCUT2D eigenvalue weighted by Gasteiger charge is -2.45. The third-order valence-electron chi connectivity index (χ3n) is 8.15. The van der Waals surface area contributed by atoms with Gasteiger partial charge in [-0.2, -0.15) is 0 Å². The van der Waals surface area contributed by atoms with Gasteiger partial charge < -0.3 is 74.7 Å². The molecule has 10 N–H and O–H groups in total. The molecule has 0 saturated carbocycles. The number of aliphatic hydroxyl groups excluding tert-OH is 6. The number of fused-ring (bicyclic) bond motifs is 1. The molecule has 0 spiro atoms. The molecule has 2 aromatic rings. The van der Waals surface area contributed by atoms with Gasteiger partial charge in [0.1, 0.15) is 71.5 Å². The van der Waals surface area contributed by atoms with Crippen LogP contribution in [0, 0.1) is 0 Å². The highest BCUT2D eigenvalue weighted by molar-refractivity contribution is 5.80. The molecule has 0 bridgehead atoms. The third-order valence-corrected chi connectivity index (χ3v) is 8.15. The maximum absolute atomic E-state index is 12.7. The molecule has 11 unspecified atom stereocenters. The van der Waals surface area contributed by atoms with Crippen molar-refractivity contribution in [3.05, 3.63) is 47.2 Å². The molecule has 0 amide bonds. The number of carbonyl (C=O) groups is 1. The van der Waals surface area contributed by atoms with E-state index in [1.807, 2.05) is 0 Å². The van der Waals surface area contributed by atoms with Crippen LogP contribution >= 0.6 is 0 Å². The second-order valence-corrected chi connectivity index (χ2v) is 11.5. The van der Waals surface area contributed by atoms with E-state index in [-0.39, 0.29) is 28.4 Å². The van der Waals surface area contributed by atoms with Crippen LogP contribution in [0.1, 0.15) is 31.4 Å². The van der Waals surface area contributed by atoms with E-state index in [1.165, 1.54) is 26.0 Å². The van der Waals surface area contributed by atoms with Crippen LogP contribution in [0.5, 0.6) is 28.7 Å². The van der Waals surface area contributed by atoms with Crippen LogP contribution in [-0.4, -0.2) is 125 Å². The second-order valence-electron chi connectivity index (χ2n) is 11.5. The van der Waals surface area contributed by atoms with Crippen LogP contribution in [0.2, 0.25) is 0 Å². The van der Waals surface area contributed by atoms with Crippen LogP contribution in [-0.2, 0) is 29.3 Å². The molecule has 0 aliphatic carbocycles. The van der Waals surface area contributed by atoms with Gasteiger partial charge in [-0.1, -0.05) is 6.07 Å². The number of phenolic OH excluding ortho intramolecular Hbond substituents is 4. The van der Waals surface area contributed by atoms with E-state index < -0.39 is 103 Å². The lowest BCUT2D eigenvalue weighted by atomic mass is 9.83.